The Balaban J connectivity index is 2.05. The summed E-state index contributed by atoms with van der Waals surface area (Å²) in [6.45, 7) is 0. The molecule has 0 radical (unpaired) electrons. The summed E-state index contributed by atoms with van der Waals surface area (Å²) in [7, 11) is 1.28. The summed E-state index contributed by atoms with van der Waals surface area (Å²) < 4.78 is 31.4. The minimum Gasteiger partial charge on any atom is -0.465 e. The second kappa shape index (κ2) is 7.31. The van der Waals surface area contributed by atoms with E-state index in [2.05, 4.69) is 10.1 Å². The molecule has 6 heteroatoms. The summed E-state index contributed by atoms with van der Waals surface area (Å²) in [5.41, 5.74) is 0.521. The SMILES string of the molecule is COC(=O)c1ccc(/C=C/C(=O)Nc2c(F)cccc2F)cc1. The van der Waals surface area contributed by atoms with E-state index in [4.69, 9.17) is 0 Å². The quantitative estimate of drug-likeness (QED) is 0.694. The van der Waals surface area contributed by atoms with E-state index in [1.54, 1.807) is 24.3 Å². The minimum absolute atomic E-state index is 0.377. The summed E-state index contributed by atoms with van der Waals surface area (Å²) in [6.07, 6.45) is 2.59. The molecule has 0 atom stereocenters. The van der Waals surface area contributed by atoms with Crippen LogP contribution in [-0.2, 0) is 9.53 Å². The van der Waals surface area contributed by atoms with Gasteiger partial charge in [-0.05, 0) is 35.9 Å². The Kier molecular flexibility index (Phi) is 5.19. The number of halogens is 2. The number of hydrogen-bond acceptors (Lipinski definition) is 3. The normalized spacial score (nSPS) is 10.6. The number of nitrogens with one attached hydrogen (secondary N) is 1. The number of methoxy groups -OCH3 is 1. The molecule has 0 bridgehead atoms. The van der Waals surface area contributed by atoms with Crippen molar-refractivity contribution in [3.63, 3.8) is 0 Å². The van der Waals surface area contributed by atoms with Gasteiger partial charge in [-0.3, -0.25) is 4.79 Å². The monoisotopic (exact) mass is 317 g/mol. The van der Waals surface area contributed by atoms with Gasteiger partial charge in [-0.1, -0.05) is 18.2 Å². The van der Waals surface area contributed by atoms with Crippen LogP contribution < -0.4 is 5.32 Å². The third kappa shape index (κ3) is 4.23. The Morgan fingerprint density at radius 2 is 1.65 bits per heavy atom. The molecule has 118 valence electrons. The largest absolute Gasteiger partial charge is 0.465 e. The molecule has 1 amide bonds. The molecule has 2 aromatic rings. The number of hydrogen-bond donors (Lipinski definition) is 1. The maximum absolute atomic E-state index is 13.4. The molecular weight excluding hydrogens is 304 g/mol. The van der Waals surface area contributed by atoms with Crippen molar-refractivity contribution in [2.75, 3.05) is 12.4 Å². The zero-order valence-corrected chi connectivity index (χ0v) is 12.2. The number of rotatable bonds is 4. The molecule has 0 aliphatic carbocycles. The predicted molar refractivity (Wildman–Crippen MR) is 81.8 cm³/mol. The molecule has 0 spiro atoms. The Morgan fingerprint density at radius 3 is 2.22 bits per heavy atom. The molecule has 0 saturated carbocycles. The first-order chi connectivity index (χ1) is 11.0. The molecular formula is C17H13F2NO3. The van der Waals surface area contributed by atoms with E-state index in [0.717, 1.165) is 18.2 Å². The van der Waals surface area contributed by atoms with E-state index in [9.17, 15) is 18.4 Å². The number of para-hydroxylation sites is 1. The summed E-state index contributed by atoms with van der Waals surface area (Å²) >= 11 is 0. The van der Waals surface area contributed by atoms with Crippen LogP contribution in [0.15, 0.2) is 48.5 Å². The van der Waals surface area contributed by atoms with Crippen LogP contribution in [0.4, 0.5) is 14.5 Å². The van der Waals surface area contributed by atoms with Gasteiger partial charge in [0.05, 0.1) is 12.7 Å². The summed E-state index contributed by atoms with van der Waals surface area (Å²) in [5.74, 6) is -2.84. The second-order valence-corrected chi connectivity index (χ2v) is 4.53. The van der Waals surface area contributed by atoms with Crippen LogP contribution in [0.3, 0.4) is 0 Å². The van der Waals surface area contributed by atoms with Crippen molar-refractivity contribution >= 4 is 23.6 Å². The smallest absolute Gasteiger partial charge is 0.337 e. The van der Waals surface area contributed by atoms with Crippen molar-refractivity contribution in [2.24, 2.45) is 0 Å². The van der Waals surface area contributed by atoms with Gasteiger partial charge in [0, 0.05) is 6.08 Å². The first kappa shape index (κ1) is 16.4. The highest BCUT2D eigenvalue weighted by molar-refractivity contribution is 6.02. The molecule has 2 aromatic carbocycles. The number of esters is 1. The third-order valence-corrected chi connectivity index (χ3v) is 2.97. The first-order valence-corrected chi connectivity index (χ1v) is 6.62. The highest BCUT2D eigenvalue weighted by Gasteiger charge is 2.10. The van der Waals surface area contributed by atoms with Crippen molar-refractivity contribution in [2.45, 2.75) is 0 Å². The van der Waals surface area contributed by atoms with Gasteiger partial charge >= 0.3 is 5.97 Å². The standard InChI is InChI=1S/C17H13F2NO3/c1-23-17(22)12-8-5-11(6-9-12)7-10-15(21)20-16-13(18)3-2-4-14(16)19/h2-10H,1H3,(H,20,21)/b10-7+. The lowest BCUT2D eigenvalue weighted by atomic mass is 10.1. The zero-order valence-electron chi connectivity index (χ0n) is 12.2. The van der Waals surface area contributed by atoms with E-state index in [0.29, 0.717) is 11.1 Å². The Labute approximate surface area is 131 Å². The van der Waals surface area contributed by atoms with Gasteiger partial charge in [-0.25, -0.2) is 13.6 Å². The number of ether oxygens (including phenoxy) is 1. The fourth-order valence-corrected chi connectivity index (χ4v) is 1.80. The zero-order chi connectivity index (χ0) is 16.8. The van der Waals surface area contributed by atoms with Crippen LogP contribution in [0, 0.1) is 11.6 Å². The molecule has 0 aliphatic heterocycles. The number of amides is 1. The van der Waals surface area contributed by atoms with E-state index >= 15 is 0 Å². The molecule has 1 N–H and O–H groups in total. The van der Waals surface area contributed by atoms with Crippen molar-refractivity contribution < 1.29 is 23.1 Å². The van der Waals surface area contributed by atoms with Gasteiger partial charge in [0.1, 0.15) is 17.3 Å². The number of anilines is 1. The van der Waals surface area contributed by atoms with E-state index in [1.165, 1.54) is 19.3 Å². The Morgan fingerprint density at radius 1 is 1.04 bits per heavy atom. The number of carbonyl (C=O) groups is 2. The molecule has 23 heavy (non-hydrogen) atoms. The number of carbonyl (C=O) groups excluding carboxylic acids is 2. The van der Waals surface area contributed by atoms with E-state index < -0.39 is 29.2 Å². The van der Waals surface area contributed by atoms with Gasteiger partial charge in [0.15, 0.2) is 0 Å². The van der Waals surface area contributed by atoms with Crippen LogP contribution in [0.2, 0.25) is 0 Å². The summed E-state index contributed by atoms with van der Waals surface area (Å²) in [5, 5.41) is 2.14. The lowest BCUT2D eigenvalue weighted by Gasteiger charge is -2.04. The molecule has 4 nitrogen and oxygen atoms in total. The first-order valence-electron chi connectivity index (χ1n) is 6.62. The predicted octanol–water partition coefficient (Wildman–Crippen LogP) is 3.40. The van der Waals surface area contributed by atoms with Crippen LogP contribution >= 0.6 is 0 Å². The van der Waals surface area contributed by atoms with Crippen molar-refractivity contribution in [1.82, 2.24) is 0 Å². The molecule has 0 aliphatic rings. The molecule has 0 fully saturated rings. The van der Waals surface area contributed by atoms with Gasteiger partial charge < -0.3 is 10.1 Å². The van der Waals surface area contributed by atoms with Crippen LogP contribution in [0.1, 0.15) is 15.9 Å². The average molecular weight is 317 g/mol. The topological polar surface area (TPSA) is 55.4 Å². The highest BCUT2D eigenvalue weighted by atomic mass is 19.1. The highest BCUT2D eigenvalue weighted by Crippen LogP contribution is 2.18. The van der Waals surface area contributed by atoms with Crippen LogP contribution in [-0.4, -0.2) is 19.0 Å². The van der Waals surface area contributed by atoms with E-state index in [1.807, 2.05) is 0 Å². The van der Waals surface area contributed by atoms with Gasteiger partial charge in [0.2, 0.25) is 5.91 Å². The fraction of sp³-hybridized carbons (Fsp3) is 0.0588. The molecule has 0 unspecified atom stereocenters. The lowest BCUT2D eigenvalue weighted by molar-refractivity contribution is -0.111. The maximum atomic E-state index is 13.4. The molecule has 0 saturated heterocycles. The number of benzene rings is 2. The third-order valence-electron chi connectivity index (χ3n) is 2.97. The second-order valence-electron chi connectivity index (χ2n) is 4.53. The fourth-order valence-electron chi connectivity index (χ4n) is 1.80. The van der Waals surface area contributed by atoms with Gasteiger partial charge in [0.25, 0.3) is 0 Å². The summed E-state index contributed by atoms with van der Waals surface area (Å²) in [6, 6.07) is 9.61. The Hall–Kier alpha value is -3.02. The summed E-state index contributed by atoms with van der Waals surface area (Å²) in [4.78, 5) is 23.0. The van der Waals surface area contributed by atoms with Gasteiger partial charge in [-0.2, -0.15) is 0 Å². The van der Waals surface area contributed by atoms with Crippen LogP contribution in [0.25, 0.3) is 6.08 Å². The van der Waals surface area contributed by atoms with Gasteiger partial charge in [-0.15, -0.1) is 0 Å². The van der Waals surface area contributed by atoms with Crippen molar-refractivity contribution in [1.29, 1.82) is 0 Å². The molecule has 0 heterocycles. The van der Waals surface area contributed by atoms with Crippen molar-refractivity contribution in [3.8, 4) is 0 Å². The maximum Gasteiger partial charge on any atom is 0.337 e. The Bertz CT molecular complexity index is 735. The minimum atomic E-state index is -0.853. The van der Waals surface area contributed by atoms with Crippen LogP contribution in [0.5, 0.6) is 0 Å². The van der Waals surface area contributed by atoms with E-state index in [-0.39, 0.29) is 0 Å². The lowest BCUT2D eigenvalue weighted by Crippen LogP contribution is -2.10. The van der Waals surface area contributed by atoms with Crippen molar-refractivity contribution in [3.05, 3.63) is 71.3 Å². The molecule has 0 aromatic heterocycles. The average Bonchev–Trinajstić information content (AvgIpc) is 2.56. The molecule has 2 rings (SSSR count).